The Hall–Kier alpha value is -1.76. The van der Waals surface area contributed by atoms with Crippen LogP contribution in [-0.2, 0) is 9.59 Å². The molecular weight excluding hydrogens is 230 g/mol. The van der Waals surface area contributed by atoms with Crippen molar-refractivity contribution in [2.45, 2.75) is 25.8 Å². The molecule has 4 heteroatoms. The maximum Gasteiger partial charge on any atom is 0.307 e. The molecule has 2 aliphatic carbocycles. The first-order valence-electron chi connectivity index (χ1n) is 6.06. The largest absolute Gasteiger partial charge is 0.481 e. The number of rotatable bonds is 3. The molecule has 2 unspecified atom stereocenters. The van der Waals surface area contributed by atoms with Gasteiger partial charge in [-0.15, -0.1) is 6.42 Å². The van der Waals surface area contributed by atoms with Gasteiger partial charge in [-0.2, -0.15) is 0 Å². The molecular formula is C14H17NO3. The molecule has 2 rings (SSSR count). The van der Waals surface area contributed by atoms with Crippen LogP contribution in [0.1, 0.15) is 20.3 Å². The fourth-order valence-electron chi connectivity index (χ4n) is 2.94. The molecule has 4 atom stereocenters. The summed E-state index contributed by atoms with van der Waals surface area (Å²) >= 11 is 0. The van der Waals surface area contributed by atoms with E-state index in [2.05, 4.69) is 11.2 Å². The van der Waals surface area contributed by atoms with Crippen molar-refractivity contribution in [1.82, 2.24) is 5.32 Å². The Bertz CT molecular complexity index is 458. The number of nitrogens with one attached hydrogen (secondary N) is 1. The van der Waals surface area contributed by atoms with Crippen LogP contribution in [0.4, 0.5) is 0 Å². The second-order valence-electron chi connectivity index (χ2n) is 5.60. The van der Waals surface area contributed by atoms with Crippen molar-refractivity contribution >= 4 is 11.9 Å². The van der Waals surface area contributed by atoms with Crippen LogP contribution in [0.5, 0.6) is 0 Å². The van der Waals surface area contributed by atoms with Gasteiger partial charge in [-0.3, -0.25) is 9.59 Å². The van der Waals surface area contributed by atoms with Gasteiger partial charge in [0.1, 0.15) is 0 Å². The number of carboxylic acids is 1. The molecule has 1 fully saturated rings. The molecule has 0 aromatic rings. The van der Waals surface area contributed by atoms with Crippen molar-refractivity contribution in [3.05, 3.63) is 12.2 Å². The van der Waals surface area contributed by atoms with Crippen LogP contribution >= 0.6 is 0 Å². The molecule has 0 aromatic heterocycles. The molecule has 2 bridgehead atoms. The van der Waals surface area contributed by atoms with E-state index < -0.39 is 23.3 Å². The van der Waals surface area contributed by atoms with Crippen LogP contribution in [-0.4, -0.2) is 22.5 Å². The minimum atomic E-state index is -0.898. The Kier molecular flexibility index (Phi) is 2.94. The number of carboxylic acid groups (broad SMARTS) is 1. The standard InChI is InChI=1S/C14H17NO3/c1-4-14(2,3)15-12(16)10-8-5-6-9(7-8)11(10)13(17)18/h1,5-6,8-11H,7H2,2-3H3,(H,15,16)(H,17,18)/t8?,9?,10-,11+/m0/s1. The lowest BCUT2D eigenvalue weighted by Gasteiger charge is -2.28. The summed E-state index contributed by atoms with van der Waals surface area (Å²) in [5.41, 5.74) is -0.744. The first kappa shape index (κ1) is 12.7. The van der Waals surface area contributed by atoms with E-state index in [9.17, 15) is 14.7 Å². The van der Waals surface area contributed by atoms with Gasteiger partial charge in [0.2, 0.25) is 5.91 Å². The third kappa shape index (κ3) is 2.01. The van der Waals surface area contributed by atoms with Gasteiger partial charge in [-0.1, -0.05) is 18.1 Å². The summed E-state index contributed by atoms with van der Waals surface area (Å²) in [4.78, 5) is 23.5. The van der Waals surface area contributed by atoms with Crippen molar-refractivity contribution in [1.29, 1.82) is 0 Å². The van der Waals surface area contributed by atoms with E-state index in [1.807, 2.05) is 12.2 Å². The summed E-state index contributed by atoms with van der Waals surface area (Å²) in [5.74, 6) is 0.244. The number of terminal acetylenes is 1. The van der Waals surface area contributed by atoms with Crippen LogP contribution in [0, 0.1) is 36.0 Å². The smallest absolute Gasteiger partial charge is 0.307 e. The zero-order valence-electron chi connectivity index (χ0n) is 10.5. The average Bonchev–Trinajstić information content (AvgIpc) is 2.87. The quantitative estimate of drug-likeness (QED) is 0.578. The summed E-state index contributed by atoms with van der Waals surface area (Å²) in [6.07, 6.45) is 9.96. The van der Waals surface area contributed by atoms with E-state index >= 15 is 0 Å². The van der Waals surface area contributed by atoms with Crippen LogP contribution in [0.25, 0.3) is 0 Å². The Labute approximate surface area is 106 Å². The number of aliphatic carboxylic acids is 1. The molecule has 0 spiro atoms. The topological polar surface area (TPSA) is 66.4 Å². The number of allylic oxidation sites excluding steroid dienone is 2. The molecule has 0 heterocycles. The van der Waals surface area contributed by atoms with Gasteiger partial charge in [0.05, 0.1) is 17.4 Å². The fraction of sp³-hybridized carbons (Fsp3) is 0.571. The highest BCUT2D eigenvalue weighted by molar-refractivity contribution is 5.87. The van der Waals surface area contributed by atoms with Crippen LogP contribution in [0.3, 0.4) is 0 Å². The highest BCUT2D eigenvalue weighted by Gasteiger charge is 2.52. The highest BCUT2D eigenvalue weighted by atomic mass is 16.4. The third-order valence-corrected chi connectivity index (χ3v) is 3.84. The number of hydrogen-bond donors (Lipinski definition) is 2. The first-order valence-corrected chi connectivity index (χ1v) is 6.06. The van der Waals surface area contributed by atoms with E-state index in [1.165, 1.54) is 0 Å². The van der Waals surface area contributed by atoms with Crippen molar-refractivity contribution in [3.8, 4) is 12.3 Å². The Balaban J connectivity index is 2.18. The Morgan fingerprint density at radius 3 is 2.39 bits per heavy atom. The summed E-state index contributed by atoms with van der Waals surface area (Å²) in [5, 5.41) is 12.0. The normalized spacial score (nSPS) is 33.2. The van der Waals surface area contributed by atoms with Gasteiger partial charge in [0.25, 0.3) is 0 Å². The lowest BCUT2D eigenvalue weighted by Crippen LogP contribution is -2.48. The molecule has 0 saturated heterocycles. The second-order valence-corrected chi connectivity index (χ2v) is 5.60. The monoisotopic (exact) mass is 247 g/mol. The van der Waals surface area contributed by atoms with E-state index in [1.54, 1.807) is 13.8 Å². The predicted molar refractivity (Wildman–Crippen MR) is 66.4 cm³/mol. The van der Waals surface area contributed by atoms with Gasteiger partial charge in [0.15, 0.2) is 0 Å². The molecule has 2 aliphatic rings. The number of carbonyl (C=O) groups is 2. The van der Waals surface area contributed by atoms with Crippen LogP contribution < -0.4 is 5.32 Å². The highest BCUT2D eigenvalue weighted by Crippen LogP contribution is 2.48. The summed E-state index contributed by atoms with van der Waals surface area (Å²) in [7, 11) is 0. The van der Waals surface area contributed by atoms with Crippen molar-refractivity contribution in [3.63, 3.8) is 0 Å². The molecule has 1 saturated carbocycles. The number of amides is 1. The average molecular weight is 247 g/mol. The molecule has 18 heavy (non-hydrogen) atoms. The van der Waals surface area contributed by atoms with E-state index in [4.69, 9.17) is 6.42 Å². The van der Waals surface area contributed by atoms with E-state index in [0.29, 0.717) is 0 Å². The molecule has 4 nitrogen and oxygen atoms in total. The predicted octanol–water partition coefficient (Wildman–Crippen LogP) is 1.04. The van der Waals surface area contributed by atoms with Gasteiger partial charge in [-0.05, 0) is 32.1 Å². The van der Waals surface area contributed by atoms with Gasteiger partial charge < -0.3 is 10.4 Å². The molecule has 2 N–H and O–H groups in total. The maximum atomic E-state index is 12.2. The van der Waals surface area contributed by atoms with Gasteiger partial charge >= 0.3 is 5.97 Å². The minimum Gasteiger partial charge on any atom is -0.481 e. The van der Waals surface area contributed by atoms with Gasteiger partial charge in [-0.25, -0.2) is 0 Å². The summed E-state index contributed by atoms with van der Waals surface area (Å²) in [6, 6.07) is 0. The first-order chi connectivity index (χ1) is 8.35. The van der Waals surface area contributed by atoms with E-state index in [-0.39, 0.29) is 17.7 Å². The molecule has 0 aromatic carbocycles. The van der Waals surface area contributed by atoms with Crippen molar-refractivity contribution in [2.24, 2.45) is 23.7 Å². The lowest BCUT2D eigenvalue weighted by atomic mass is 9.82. The molecule has 0 radical (unpaired) electrons. The number of hydrogen-bond acceptors (Lipinski definition) is 2. The zero-order chi connectivity index (χ0) is 13.5. The third-order valence-electron chi connectivity index (χ3n) is 3.84. The SMILES string of the molecule is C#CC(C)(C)NC(=O)[C@H]1C2C=CC(C2)[C@H]1C(=O)O. The van der Waals surface area contributed by atoms with Gasteiger partial charge in [0, 0.05) is 0 Å². The lowest BCUT2D eigenvalue weighted by molar-refractivity contribution is -0.148. The summed E-state index contributed by atoms with van der Waals surface area (Å²) < 4.78 is 0. The Morgan fingerprint density at radius 2 is 1.89 bits per heavy atom. The van der Waals surface area contributed by atoms with E-state index in [0.717, 1.165) is 6.42 Å². The van der Waals surface area contributed by atoms with Crippen molar-refractivity contribution in [2.75, 3.05) is 0 Å². The summed E-state index contributed by atoms with van der Waals surface area (Å²) in [6.45, 7) is 3.45. The molecule has 96 valence electrons. The maximum absolute atomic E-state index is 12.2. The fourth-order valence-corrected chi connectivity index (χ4v) is 2.94. The molecule has 0 aliphatic heterocycles. The minimum absolute atomic E-state index is 0.0165. The Morgan fingerprint density at radius 1 is 1.33 bits per heavy atom. The number of fused-ring (bicyclic) bond motifs is 2. The second kappa shape index (κ2) is 4.16. The number of carbonyl (C=O) groups excluding carboxylic acids is 1. The van der Waals surface area contributed by atoms with Crippen molar-refractivity contribution < 1.29 is 14.7 Å². The van der Waals surface area contributed by atoms with Crippen LogP contribution in [0.15, 0.2) is 12.2 Å². The molecule has 1 amide bonds. The van der Waals surface area contributed by atoms with Crippen LogP contribution in [0.2, 0.25) is 0 Å². The zero-order valence-corrected chi connectivity index (χ0v) is 10.5.